The zero-order valence-electron chi connectivity index (χ0n) is 8.10. The van der Waals surface area contributed by atoms with Gasteiger partial charge in [-0.25, -0.2) is 0 Å². The minimum Gasteiger partial charge on any atom is -0.384 e. The Morgan fingerprint density at radius 2 is 1.33 bits per heavy atom. The first kappa shape index (κ1) is 10.6. The second-order valence-electron chi connectivity index (χ2n) is 3.36. The average molecular weight is 310 g/mol. The predicted octanol–water partition coefficient (Wildman–Crippen LogP) is 3.37. The highest BCUT2D eigenvalue weighted by Gasteiger charge is 2.08. The van der Waals surface area contributed by atoms with Crippen molar-refractivity contribution in [2.24, 2.45) is 0 Å². The van der Waals surface area contributed by atoms with Crippen molar-refractivity contribution in [3.8, 4) is 0 Å². The van der Waals surface area contributed by atoms with Crippen LogP contribution in [-0.2, 0) is 0 Å². The molecule has 0 bridgehead atoms. The summed E-state index contributed by atoms with van der Waals surface area (Å²) < 4.78 is 1.18. The molecular weight excluding hydrogens is 299 g/mol. The Morgan fingerprint density at radius 1 is 0.800 bits per heavy atom. The largest absolute Gasteiger partial charge is 0.384 e. The molecule has 0 saturated carbocycles. The number of aliphatic hydroxyl groups is 1. The molecule has 0 saturated heterocycles. The van der Waals surface area contributed by atoms with Crippen molar-refractivity contribution in [3.05, 3.63) is 69.3 Å². The Bertz CT molecular complexity index is 422. The lowest BCUT2D eigenvalue weighted by Crippen LogP contribution is -1.98. The van der Waals surface area contributed by atoms with Crippen LogP contribution in [0, 0.1) is 3.57 Å². The molecule has 2 rings (SSSR count). The summed E-state index contributed by atoms with van der Waals surface area (Å²) in [5, 5.41) is 10.1. The zero-order valence-corrected chi connectivity index (χ0v) is 10.3. The summed E-state index contributed by atoms with van der Waals surface area (Å²) >= 11 is 2.25. The quantitative estimate of drug-likeness (QED) is 0.843. The van der Waals surface area contributed by atoms with Crippen molar-refractivity contribution >= 4 is 22.6 Å². The van der Waals surface area contributed by atoms with Crippen LogP contribution in [0.5, 0.6) is 0 Å². The third-order valence-electron chi connectivity index (χ3n) is 2.30. The van der Waals surface area contributed by atoms with E-state index in [4.69, 9.17) is 0 Å². The van der Waals surface area contributed by atoms with Gasteiger partial charge < -0.3 is 5.11 Å². The van der Waals surface area contributed by atoms with Crippen LogP contribution in [0.15, 0.2) is 54.6 Å². The van der Waals surface area contributed by atoms with Gasteiger partial charge >= 0.3 is 0 Å². The zero-order chi connectivity index (χ0) is 10.7. The second-order valence-corrected chi connectivity index (χ2v) is 4.61. The van der Waals surface area contributed by atoms with Crippen molar-refractivity contribution in [1.29, 1.82) is 0 Å². The molecule has 2 aromatic rings. The fraction of sp³-hybridized carbons (Fsp3) is 0.0769. The molecule has 1 N–H and O–H groups in total. The fourth-order valence-corrected chi connectivity index (χ4v) is 1.83. The van der Waals surface area contributed by atoms with Gasteiger partial charge in [0.15, 0.2) is 0 Å². The molecule has 2 aromatic carbocycles. The van der Waals surface area contributed by atoms with E-state index in [-0.39, 0.29) is 0 Å². The SMILES string of the molecule is O[C@H](c1ccccc1)c1ccc(I)cc1. The number of benzene rings is 2. The molecule has 0 spiro atoms. The van der Waals surface area contributed by atoms with Crippen LogP contribution in [0.3, 0.4) is 0 Å². The highest BCUT2D eigenvalue weighted by molar-refractivity contribution is 14.1. The van der Waals surface area contributed by atoms with Gasteiger partial charge in [-0.3, -0.25) is 0 Å². The van der Waals surface area contributed by atoms with Gasteiger partial charge in [0.2, 0.25) is 0 Å². The van der Waals surface area contributed by atoms with Gasteiger partial charge in [-0.1, -0.05) is 42.5 Å². The molecule has 0 aliphatic rings. The van der Waals surface area contributed by atoms with E-state index in [1.54, 1.807) is 0 Å². The van der Waals surface area contributed by atoms with E-state index in [1.807, 2.05) is 54.6 Å². The Labute approximate surface area is 103 Å². The van der Waals surface area contributed by atoms with E-state index >= 15 is 0 Å². The van der Waals surface area contributed by atoms with Gasteiger partial charge in [-0.15, -0.1) is 0 Å². The maximum atomic E-state index is 10.1. The van der Waals surface area contributed by atoms with E-state index in [1.165, 1.54) is 3.57 Å². The first-order chi connectivity index (χ1) is 7.27. The summed E-state index contributed by atoms with van der Waals surface area (Å²) in [6.45, 7) is 0. The molecule has 0 fully saturated rings. The van der Waals surface area contributed by atoms with Crippen LogP contribution < -0.4 is 0 Å². The highest BCUT2D eigenvalue weighted by atomic mass is 127. The summed E-state index contributed by atoms with van der Waals surface area (Å²) in [7, 11) is 0. The lowest BCUT2D eigenvalue weighted by Gasteiger charge is -2.11. The molecule has 1 nitrogen and oxygen atoms in total. The Hall–Kier alpha value is -0.870. The molecule has 2 heteroatoms. The molecule has 0 radical (unpaired) electrons. The number of hydrogen-bond acceptors (Lipinski definition) is 1. The maximum Gasteiger partial charge on any atom is 0.104 e. The Morgan fingerprint density at radius 3 is 1.93 bits per heavy atom. The normalized spacial score (nSPS) is 12.4. The van der Waals surface area contributed by atoms with Crippen LogP contribution in [0.1, 0.15) is 17.2 Å². The van der Waals surface area contributed by atoms with Crippen LogP contribution >= 0.6 is 22.6 Å². The molecule has 0 unspecified atom stereocenters. The van der Waals surface area contributed by atoms with E-state index in [2.05, 4.69) is 22.6 Å². The molecule has 0 aromatic heterocycles. The summed E-state index contributed by atoms with van der Waals surface area (Å²) in [5.41, 5.74) is 1.86. The topological polar surface area (TPSA) is 20.2 Å². The van der Waals surface area contributed by atoms with Crippen molar-refractivity contribution < 1.29 is 5.11 Å². The third kappa shape index (κ3) is 2.58. The molecule has 1 atom stereocenters. The molecular formula is C13H11IO. The number of hydrogen-bond donors (Lipinski definition) is 1. The number of rotatable bonds is 2. The van der Waals surface area contributed by atoms with E-state index in [9.17, 15) is 5.11 Å². The van der Waals surface area contributed by atoms with Crippen molar-refractivity contribution in [3.63, 3.8) is 0 Å². The van der Waals surface area contributed by atoms with Gasteiger partial charge in [-0.2, -0.15) is 0 Å². The first-order valence-electron chi connectivity index (χ1n) is 4.76. The minimum absolute atomic E-state index is 0.525. The summed E-state index contributed by atoms with van der Waals surface area (Å²) in [5.74, 6) is 0. The lowest BCUT2D eigenvalue weighted by atomic mass is 10.0. The van der Waals surface area contributed by atoms with E-state index in [0.29, 0.717) is 0 Å². The number of aliphatic hydroxyl groups excluding tert-OH is 1. The predicted molar refractivity (Wildman–Crippen MR) is 69.7 cm³/mol. The van der Waals surface area contributed by atoms with E-state index in [0.717, 1.165) is 11.1 Å². The Balaban J connectivity index is 2.29. The molecule has 0 aliphatic heterocycles. The molecule has 0 amide bonds. The van der Waals surface area contributed by atoms with E-state index < -0.39 is 6.10 Å². The van der Waals surface area contributed by atoms with Gasteiger partial charge in [0.1, 0.15) is 6.10 Å². The number of halogens is 1. The highest BCUT2D eigenvalue weighted by Crippen LogP contribution is 2.21. The van der Waals surface area contributed by atoms with Crippen molar-refractivity contribution in [1.82, 2.24) is 0 Å². The lowest BCUT2D eigenvalue weighted by molar-refractivity contribution is 0.220. The van der Waals surface area contributed by atoms with Gasteiger partial charge in [0.05, 0.1) is 0 Å². The van der Waals surface area contributed by atoms with Gasteiger partial charge in [0.25, 0.3) is 0 Å². The van der Waals surface area contributed by atoms with Crippen LogP contribution in [0.25, 0.3) is 0 Å². The van der Waals surface area contributed by atoms with Gasteiger partial charge in [0, 0.05) is 3.57 Å². The monoisotopic (exact) mass is 310 g/mol. The van der Waals surface area contributed by atoms with Crippen LogP contribution in [-0.4, -0.2) is 5.11 Å². The summed E-state index contributed by atoms with van der Waals surface area (Å²) in [4.78, 5) is 0. The van der Waals surface area contributed by atoms with Crippen molar-refractivity contribution in [2.75, 3.05) is 0 Å². The molecule has 0 heterocycles. The smallest absolute Gasteiger partial charge is 0.104 e. The molecule has 0 aliphatic carbocycles. The standard InChI is InChI=1S/C13H11IO/c14-12-8-6-11(7-9-12)13(15)10-4-2-1-3-5-10/h1-9,13,15H/t13-/m1/s1. The maximum absolute atomic E-state index is 10.1. The second kappa shape index (κ2) is 4.77. The fourth-order valence-electron chi connectivity index (χ4n) is 1.47. The van der Waals surface area contributed by atoms with Gasteiger partial charge in [-0.05, 0) is 45.9 Å². The summed E-state index contributed by atoms with van der Waals surface area (Å²) in [6, 6.07) is 17.6. The summed E-state index contributed by atoms with van der Waals surface area (Å²) in [6.07, 6.45) is -0.525. The third-order valence-corrected chi connectivity index (χ3v) is 3.02. The Kier molecular flexibility index (Phi) is 3.38. The first-order valence-corrected chi connectivity index (χ1v) is 5.84. The van der Waals surface area contributed by atoms with Crippen LogP contribution in [0.2, 0.25) is 0 Å². The van der Waals surface area contributed by atoms with Crippen molar-refractivity contribution in [2.45, 2.75) is 6.10 Å². The minimum atomic E-state index is -0.525. The molecule has 15 heavy (non-hydrogen) atoms. The van der Waals surface area contributed by atoms with Crippen LogP contribution in [0.4, 0.5) is 0 Å². The molecule has 76 valence electrons. The average Bonchev–Trinajstić information content (AvgIpc) is 2.30.